The molecular weight excluding hydrogens is 580 g/mol. The molecule has 14 heteroatoms. The number of nitrogens with zero attached hydrogens (tertiary/aromatic N) is 4. The molecular formula is C30H31F2N5O7. The fourth-order valence-corrected chi connectivity index (χ4v) is 5.95. The van der Waals surface area contributed by atoms with Crippen LogP contribution in [0.1, 0.15) is 30.2 Å². The number of esters is 1. The quantitative estimate of drug-likeness (QED) is 0.420. The molecule has 2 aromatic carbocycles. The van der Waals surface area contributed by atoms with E-state index in [1.54, 1.807) is 21.6 Å². The Morgan fingerprint density at radius 2 is 1.80 bits per heavy atom. The number of carbonyl (C=O) groups is 3. The van der Waals surface area contributed by atoms with E-state index in [0.717, 1.165) is 6.07 Å². The van der Waals surface area contributed by atoms with Crippen molar-refractivity contribution in [3.05, 3.63) is 57.9 Å². The van der Waals surface area contributed by atoms with Crippen LogP contribution >= 0.6 is 0 Å². The number of ether oxygens (including phenoxy) is 3. The largest absolute Gasteiger partial charge is 0.487 e. The average molecular weight is 612 g/mol. The van der Waals surface area contributed by atoms with Gasteiger partial charge < -0.3 is 33.9 Å². The Balaban J connectivity index is 1.22. The van der Waals surface area contributed by atoms with Crippen LogP contribution in [-0.2, 0) is 14.3 Å². The first-order valence-corrected chi connectivity index (χ1v) is 14.2. The maximum absolute atomic E-state index is 15.7. The van der Waals surface area contributed by atoms with Crippen molar-refractivity contribution < 1.29 is 37.4 Å². The molecule has 0 radical (unpaired) electrons. The first-order chi connectivity index (χ1) is 21.1. The summed E-state index contributed by atoms with van der Waals surface area (Å²) in [5, 5.41) is 2.63. The van der Waals surface area contributed by atoms with Gasteiger partial charge in [0.2, 0.25) is 11.3 Å². The molecule has 44 heavy (non-hydrogen) atoms. The summed E-state index contributed by atoms with van der Waals surface area (Å²) in [6.07, 6.45) is 0.273. The summed E-state index contributed by atoms with van der Waals surface area (Å²) in [6.45, 7) is 5.18. The van der Waals surface area contributed by atoms with Crippen molar-refractivity contribution in [1.82, 2.24) is 9.88 Å². The minimum Gasteiger partial charge on any atom is -0.487 e. The number of benzene rings is 2. The number of anilines is 3. The fourth-order valence-electron chi connectivity index (χ4n) is 5.95. The summed E-state index contributed by atoms with van der Waals surface area (Å²) < 4.78 is 48.8. The minimum atomic E-state index is -0.798. The third kappa shape index (κ3) is 5.03. The van der Waals surface area contributed by atoms with E-state index in [-0.39, 0.29) is 54.0 Å². The maximum atomic E-state index is 15.7. The first-order valence-electron chi connectivity index (χ1n) is 14.2. The second-order valence-electron chi connectivity index (χ2n) is 11.0. The van der Waals surface area contributed by atoms with Gasteiger partial charge in [0, 0.05) is 39.3 Å². The van der Waals surface area contributed by atoms with E-state index in [4.69, 9.17) is 14.2 Å². The van der Waals surface area contributed by atoms with Gasteiger partial charge in [0.1, 0.15) is 29.8 Å². The molecule has 0 bridgehead atoms. The molecule has 12 nitrogen and oxygen atoms in total. The maximum Gasteiger partial charge on any atom is 0.414 e. The van der Waals surface area contributed by atoms with Gasteiger partial charge in [0.15, 0.2) is 11.6 Å². The summed E-state index contributed by atoms with van der Waals surface area (Å²) in [7, 11) is 1.18. The Hall–Kier alpha value is -4.88. The molecule has 1 aromatic heterocycles. The Labute approximate surface area is 250 Å². The molecule has 1 N–H and O–H groups in total. The molecule has 0 spiro atoms. The Morgan fingerprint density at radius 3 is 2.48 bits per heavy atom. The number of rotatable bonds is 6. The zero-order valence-corrected chi connectivity index (χ0v) is 24.4. The van der Waals surface area contributed by atoms with Crippen molar-refractivity contribution in [2.24, 2.45) is 0 Å². The number of piperazine rings is 1. The fraction of sp³-hybridized carbons (Fsp3) is 0.400. The Bertz CT molecular complexity index is 1740. The van der Waals surface area contributed by atoms with Gasteiger partial charge in [-0.15, -0.1) is 0 Å². The number of hydrogen-bond acceptors (Lipinski definition) is 9. The third-order valence-corrected chi connectivity index (χ3v) is 8.18. The van der Waals surface area contributed by atoms with Gasteiger partial charge in [-0.05, 0) is 31.2 Å². The van der Waals surface area contributed by atoms with Crippen molar-refractivity contribution in [1.29, 1.82) is 0 Å². The Kier molecular flexibility index (Phi) is 7.51. The van der Waals surface area contributed by atoms with Crippen LogP contribution in [-0.4, -0.2) is 81.6 Å². The predicted molar refractivity (Wildman–Crippen MR) is 157 cm³/mol. The van der Waals surface area contributed by atoms with Gasteiger partial charge in [-0.3, -0.25) is 14.5 Å². The second kappa shape index (κ2) is 11.3. The highest BCUT2D eigenvalue weighted by Gasteiger charge is 2.34. The zero-order chi connectivity index (χ0) is 31.3. The van der Waals surface area contributed by atoms with Gasteiger partial charge in [-0.1, -0.05) is 0 Å². The highest BCUT2D eigenvalue weighted by atomic mass is 19.1. The number of cyclic esters (lactones) is 1. The van der Waals surface area contributed by atoms with Crippen LogP contribution in [0, 0.1) is 11.6 Å². The zero-order valence-electron chi connectivity index (χ0n) is 24.4. The standard InChI is InChI=1S/C30H31F2N5O7/c1-16-15-43-28-25-20(27(39)21(14-36(16)25)29(40)42-3)11-23(32)26(28)35-8-6-34(7-9-35)24-5-4-18(10-22(24)31)37-13-19(44-30(37)41)12-33-17(2)38/h4-5,10-11,14,16,19H,6-9,12-13,15H2,1-3H3,(H,33,38)/t16?,19-/m0/s1. The van der Waals surface area contributed by atoms with Crippen LogP contribution in [0.4, 0.5) is 30.6 Å². The molecule has 2 amide bonds. The van der Waals surface area contributed by atoms with E-state index in [9.17, 15) is 19.2 Å². The number of pyridine rings is 1. The number of amides is 2. The van der Waals surface area contributed by atoms with Gasteiger partial charge >= 0.3 is 12.1 Å². The van der Waals surface area contributed by atoms with Crippen molar-refractivity contribution >= 4 is 45.9 Å². The lowest BCUT2D eigenvalue weighted by molar-refractivity contribution is -0.119. The van der Waals surface area contributed by atoms with Crippen molar-refractivity contribution in [2.45, 2.75) is 26.0 Å². The normalized spacial score (nSPS) is 19.6. The summed E-state index contributed by atoms with van der Waals surface area (Å²) in [4.78, 5) is 53.9. The molecule has 0 aliphatic carbocycles. The highest BCUT2D eigenvalue weighted by molar-refractivity contribution is 5.98. The molecule has 2 fully saturated rings. The van der Waals surface area contributed by atoms with Crippen molar-refractivity contribution in [2.75, 3.05) is 67.7 Å². The molecule has 6 rings (SSSR count). The number of aromatic nitrogens is 1. The van der Waals surface area contributed by atoms with E-state index < -0.39 is 35.2 Å². The molecule has 2 saturated heterocycles. The third-order valence-electron chi connectivity index (χ3n) is 8.18. The number of nitrogens with one attached hydrogen (secondary N) is 1. The van der Waals surface area contributed by atoms with Gasteiger partial charge in [-0.25, -0.2) is 18.4 Å². The summed E-state index contributed by atoms with van der Waals surface area (Å²) >= 11 is 0. The monoisotopic (exact) mass is 611 g/mol. The molecule has 3 aromatic rings. The summed E-state index contributed by atoms with van der Waals surface area (Å²) in [5.74, 6) is -2.00. The van der Waals surface area contributed by atoms with Crippen LogP contribution < -0.4 is 30.2 Å². The van der Waals surface area contributed by atoms with E-state index >= 15 is 8.78 Å². The second-order valence-corrected chi connectivity index (χ2v) is 11.0. The Morgan fingerprint density at radius 1 is 1.07 bits per heavy atom. The first kappa shape index (κ1) is 29.2. The lowest BCUT2D eigenvalue weighted by Crippen LogP contribution is -2.47. The van der Waals surface area contributed by atoms with Crippen molar-refractivity contribution in [3.8, 4) is 5.75 Å². The molecule has 0 saturated carbocycles. The highest BCUT2D eigenvalue weighted by Crippen LogP contribution is 2.42. The number of carbonyl (C=O) groups excluding carboxylic acids is 3. The van der Waals surface area contributed by atoms with E-state index in [1.807, 2.05) is 11.8 Å². The number of methoxy groups -OCH3 is 1. The van der Waals surface area contributed by atoms with Crippen LogP contribution in [0.2, 0.25) is 0 Å². The van der Waals surface area contributed by atoms with Crippen LogP contribution in [0.15, 0.2) is 35.3 Å². The molecule has 3 aliphatic heterocycles. The molecule has 1 unspecified atom stereocenters. The smallest absolute Gasteiger partial charge is 0.414 e. The molecule has 4 heterocycles. The van der Waals surface area contributed by atoms with Crippen LogP contribution in [0.3, 0.4) is 0 Å². The summed E-state index contributed by atoms with van der Waals surface area (Å²) in [5.41, 5.74) is 0.471. The van der Waals surface area contributed by atoms with Crippen molar-refractivity contribution in [3.63, 3.8) is 0 Å². The van der Waals surface area contributed by atoms with Crippen LogP contribution in [0.25, 0.3) is 10.9 Å². The average Bonchev–Trinajstić information content (AvgIpc) is 3.38. The van der Waals surface area contributed by atoms with E-state index in [2.05, 4.69) is 5.32 Å². The van der Waals surface area contributed by atoms with E-state index in [0.29, 0.717) is 43.1 Å². The lowest BCUT2D eigenvalue weighted by atomic mass is 10.1. The predicted octanol–water partition coefficient (Wildman–Crippen LogP) is 2.81. The number of halogens is 2. The number of hydrogen-bond donors (Lipinski definition) is 1. The topological polar surface area (TPSA) is 123 Å². The molecule has 2 atom stereocenters. The minimum absolute atomic E-state index is 0.0276. The van der Waals surface area contributed by atoms with Gasteiger partial charge in [0.05, 0.1) is 48.5 Å². The molecule has 3 aliphatic rings. The SMILES string of the molecule is COC(=O)c1cn2c3c(c(N4CCN(c5ccc(N6C[C@H](CNC(C)=O)OC6=O)cc5F)CC4)c(F)cc3c1=O)OCC2C. The molecule has 232 valence electrons. The van der Waals surface area contributed by atoms with Gasteiger partial charge in [-0.2, -0.15) is 0 Å². The summed E-state index contributed by atoms with van der Waals surface area (Å²) in [6, 6.07) is 5.41. The van der Waals surface area contributed by atoms with Crippen LogP contribution in [0.5, 0.6) is 5.75 Å². The van der Waals surface area contributed by atoms with Gasteiger partial charge in [0.25, 0.3) is 0 Å². The van der Waals surface area contributed by atoms with E-state index in [1.165, 1.54) is 31.2 Å². The lowest BCUT2D eigenvalue weighted by Gasteiger charge is -2.39.